The number of nitriles is 1. The molecule has 1 aromatic heterocycles. The largest absolute Gasteiger partial charge is 0.468 e. The summed E-state index contributed by atoms with van der Waals surface area (Å²) >= 11 is 1.18. The van der Waals surface area contributed by atoms with Gasteiger partial charge in [-0.05, 0) is 35.7 Å². The summed E-state index contributed by atoms with van der Waals surface area (Å²) in [7, 11) is 1.26. The highest BCUT2D eigenvalue weighted by atomic mass is 32.2. The number of carbonyl (C=O) groups excluding carboxylic acids is 1. The van der Waals surface area contributed by atoms with Crippen LogP contribution in [0.4, 0.5) is 13.2 Å². The van der Waals surface area contributed by atoms with Gasteiger partial charge in [0.05, 0.1) is 30.5 Å². The molecule has 0 fully saturated rings. The van der Waals surface area contributed by atoms with Gasteiger partial charge in [0, 0.05) is 6.20 Å². The molecule has 0 spiro atoms. The zero-order chi connectivity index (χ0) is 19.7. The second-order valence-electron chi connectivity index (χ2n) is 5.81. The summed E-state index contributed by atoms with van der Waals surface area (Å²) in [6.45, 7) is 0.105. The fourth-order valence-corrected chi connectivity index (χ4v) is 3.89. The van der Waals surface area contributed by atoms with Crippen LogP contribution in [-0.4, -0.2) is 35.7 Å². The second kappa shape index (κ2) is 7.12. The molecule has 0 saturated carbocycles. The van der Waals surface area contributed by atoms with Crippen molar-refractivity contribution in [2.24, 2.45) is 4.99 Å². The number of aromatic nitrogens is 1. The molecule has 1 unspecified atom stereocenters. The number of alkyl halides is 3. The highest BCUT2D eigenvalue weighted by Crippen LogP contribution is 2.40. The van der Waals surface area contributed by atoms with E-state index < -0.39 is 22.6 Å². The predicted molar refractivity (Wildman–Crippen MR) is 96.4 cm³/mol. The average molecular weight is 393 g/mol. The Hall–Kier alpha value is -2.73. The minimum absolute atomic E-state index is 0.0170. The van der Waals surface area contributed by atoms with Gasteiger partial charge >= 0.3 is 12.1 Å². The van der Waals surface area contributed by atoms with Crippen molar-refractivity contribution in [3.05, 3.63) is 48.2 Å². The molecule has 0 radical (unpaired) electrons. The molecule has 0 saturated heterocycles. The number of benzene rings is 1. The predicted octanol–water partition coefficient (Wildman–Crippen LogP) is 3.75. The quantitative estimate of drug-likeness (QED) is 0.742. The van der Waals surface area contributed by atoms with E-state index in [-0.39, 0.29) is 18.0 Å². The summed E-state index contributed by atoms with van der Waals surface area (Å²) in [5.74, 6) is -0.480. The Bertz CT molecular complexity index is 988. The number of fused-ring (bicyclic) bond motifs is 1. The molecule has 140 valence electrons. The van der Waals surface area contributed by atoms with Crippen molar-refractivity contribution in [1.29, 1.82) is 5.26 Å². The second-order valence-corrected chi connectivity index (χ2v) is 7.10. The maximum Gasteiger partial charge on any atom is 0.416 e. The maximum absolute atomic E-state index is 13.1. The van der Waals surface area contributed by atoms with Crippen molar-refractivity contribution < 1.29 is 22.7 Å². The number of hydrogen-bond donors (Lipinski definition) is 0. The van der Waals surface area contributed by atoms with Crippen molar-refractivity contribution >= 4 is 34.3 Å². The smallest absolute Gasteiger partial charge is 0.416 e. The van der Waals surface area contributed by atoms with Crippen LogP contribution in [0.1, 0.15) is 5.56 Å². The van der Waals surface area contributed by atoms with Crippen LogP contribution in [0.2, 0.25) is 0 Å². The third-order valence-electron chi connectivity index (χ3n) is 4.19. The minimum atomic E-state index is -4.47. The number of hydrogen-bond acceptors (Lipinski definition) is 5. The van der Waals surface area contributed by atoms with E-state index >= 15 is 0 Å². The van der Waals surface area contributed by atoms with Gasteiger partial charge in [0.2, 0.25) is 0 Å². The van der Waals surface area contributed by atoms with Gasteiger partial charge in [-0.15, -0.1) is 11.8 Å². The lowest BCUT2D eigenvalue weighted by atomic mass is 10.1. The third kappa shape index (κ3) is 3.71. The number of esters is 1. The van der Waals surface area contributed by atoms with E-state index in [4.69, 9.17) is 5.26 Å². The zero-order valence-electron chi connectivity index (χ0n) is 14.2. The van der Waals surface area contributed by atoms with Crippen LogP contribution in [-0.2, 0) is 20.6 Å². The Labute approximate surface area is 157 Å². The minimum Gasteiger partial charge on any atom is -0.468 e. The summed E-state index contributed by atoms with van der Waals surface area (Å²) in [5, 5.41) is 9.63. The van der Waals surface area contributed by atoms with Crippen LogP contribution in [0, 0.1) is 11.3 Å². The van der Waals surface area contributed by atoms with Crippen LogP contribution >= 0.6 is 11.8 Å². The third-order valence-corrected chi connectivity index (χ3v) is 5.53. The lowest BCUT2D eigenvalue weighted by Crippen LogP contribution is -2.34. The van der Waals surface area contributed by atoms with E-state index in [2.05, 4.69) is 9.73 Å². The van der Waals surface area contributed by atoms with E-state index in [1.807, 2.05) is 6.07 Å². The van der Waals surface area contributed by atoms with Gasteiger partial charge in [-0.2, -0.15) is 18.4 Å². The number of ether oxygens (including phenoxy) is 1. The molecule has 1 atom stereocenters. The average Bonchev–Trinajstić information content (AvgIpc) is 3.09. The van der Waals surface area contributed by atoms with Gasteiger partial charge in [-0.1, -0.05) is 6.07 Å². The number of halogens is 3. The first-order valence-corrected chi connectivity index (χ1v) is 8.81. The van der Waals surface area contributed by atoms with E-state index in [9.17, 15) is 18.0 Å². The molecule has 0 bridgehead atoms. The van der Waals surface area contributed by atoms with Gasteiger partial charge in [0.1, 0.15) is 16.7 Å². The molecular weight excluding hydrogens is 379 g/mol. The van der Waals surface area contributed by atoms with Crippen molar-refractivity contribution in [2.75, 3.05) is 19.4 Å². The SMILES string of the molecule is COC(=O)CSC1(n2ccc3ccc(C(F)(F)F)cc32)C=CC(C#N)=NC1. The number of thioether (sulfide) groups is 1. The van der Waals surface area contributed by atoms with Crippen molar-refractivity contribution in [1.82, 2.24) is 4.57 Å². The lowest BCUT2D eigenvalue weighted by Gasteiger charge is -2.33. The van der Waals surface area contributed by atoms with E-state index in [1.54, 1.807) is 22.9 Å². The molecular formula is C18H14F3N3O2S. The molecule has 0 N–H and O–H groups in total. The number of dihydropyridines is 1. The highest BCUT2D eigenvalue weighted by molar-refractivity contribution is 8.00. The summed E-state index contributed by atoms with van der Waals surface area (Å²) in [6.07, 6.45) is 0.384. The Morgan fingerprint density at radius 1 is 1.44 bits per heavy atom. The molecule has 0 aliphatic carbocycles. The fourth-order valence-electron chi connectivity index (χ4n) is 2.78. The van der Waals surface area contributed by atoms with Gasteiger partial charge in [-0.3, -0.25) is 9.79 Å². The highest BCUT2D eigenvalue weighted by Gasteiger charge is 2.35. The number of nitrogens with zero attached hydrogens (tertiary/aromatic N) is 3. The Balaban J connectivity index is 2.10. The van der Waals surface area contributed by atoms with Crippen molar-refractivity contribution in [3.8, 4) is 6.07 Å². The van der Waals surface area contributed by atoms with Crippen molar-refractivity contribution in [2.45, 2.75) is 11.0 Å². The summed E-state index contributed by atoms with van der Waals surface area (Å²) in [6, 6.07) is 7.15. The Kier molecular flexibility index (Phi) is 5.02. The van der Waals surface area contributed by atoms with Crippen molar-refractivity contribution in [3.63, 3.8) is 0 Å². The summed E-state index contributed by atoms with van der Waals surface area (Å²) < 4.78 is 45.7. The van der Waals surface area contributed by atoms with Gasteiger partial charge < -0.3 is 9.30 Å². The number of rotatable bonds is 4. The van der Waals surface area contributed by atoms with E-state index in [1.165, 1.54) is 31.0 Å². The molecule has 1 aromatic carbocycles. The van der Waals surface area contributed by atoms with E-state index in [0.29, 0.717) is 10.9 Å². The first-order chi connectivity index (χ1) is 12.8. The topological polar surface area (TPSA) is 67.4 Å². The normalized spacial score (nSPS) is 19.6. The number of aliphatic imine (C=N–C) groups is 1. The molecule has 1 aliphatic rings. The first kappa shape index (κ1) is 19.0. The zero-order valence-corrected chi connectivity index (χ0v) is 15.0. The standard InChI is InChI=1S/C18H14F3N3O2S/c1-26-16(25)10-27-17(6-4-14(9-22)23-11-17)24-7-5-12-2-3-13(8-15(12)24)18(19,20)21/h2-8H,10-11H2,1H3. The van der Waals surface area contributed by atoms with E-state index in [0.717, 1.165) is 12.1 Å². The van der Waals surface area contributed by atoms with Crippen LogP contribution in [0.15, 0.2) is 47.6 Å². The van der Waals surface area contributed by atoms with Gasteiger partial charge in [-0.25, -0.2) is 0 Å². The monoisotopic (exact) mass is 393 g/mol. The molecule has 2 aromatic rings. The van der Waals surface area contributed by atoms with Crippen LogP contribution in [0.3, 0.4) is 0 Å². The first-order valence-electron chi connectivity index (χ1n) is 7.82. The molecule has 9 heteroatoms. The fraction of sp³-hybridized carbons (Fsp3) is 0.278. The molecule has 1 aliphatic heterocycles. The Morgan fingerprint density at radius 3 is 2.81 bits per heavy atom. The summed E-state index contributed by atoms with van der Waals surface area (Å²) in [5.41, 5.74) is -0.178. The number of methoxy groups -OCH3 is 1. The van der Waals surface area contributed by atoms with Gasteiger partial charge in [0.25, 0.3) is 0 Å². The molecule has 2 heterocycles. The summed E-state index contributed by atoms with van der Waals surface area (Å²) in [4.78, 5) is 14.9. The van der Waals surface area contributed by atoms with Gasteiger partial charge in [0.15, 0.2) is 0 Å². The lowest BCUT2D eigenvalue weighted by molar-refractivity contribution is -0.138. The Morgan fingerprint density at radius 2 is 2.22 bits per heavy atom. The maximum atomic E-state index is 13.1. The van der Waals surface area contributed by atoms with Crippen LogP contribution < -0.4 is 0 Å². The molecule has 3 rings (SSSR count). The molecule has 5 nitrogen and oxygen atoms in total. The molecule has 0 amide bonds. The van der Waals surface area contributed by atoms with Crippen LogP contribution in [0.25, 0.3) is 10.9 Å². The number of carbonyl (C=O) groups is 1. The number of allylic oxidation sites excluding steroid dienone is 1. The molecule has 27 heavy (non-hydrogen) atoms. The van der Waals surface area contributed by atoms with Crippen LogP contribution in [0.5, 0.6) is 0 Å².